The average Bonchev–Trinajstić information content (AvgIpc) is 2.41. The number of carbonyl (C=O) groups is 2. The van der Waals surface area contributed by atoms with Gasteiger partial charge in [-0.25, -0.2) is 0 Å². The van der Waals surface area contributed by atoms with Gasteiger partial charge in [-0.3, -0.25) is 14.6 Å². The number of hydrogen-bond donors (Lipinski definition) is 2. The monoisotopic (exact) mass is 262 g/mol. The average molecular weight is 262 g/mol. The van der Waals surface area contributed by atoms with E-state index in [2.05, 4.69) is 15.6 Å². The van der Waals surface area contributed by atoms with E-state index in [9.17, 15) is 9.59 Å². The maximum atomic E-state index is 12.5. The van der Waals surface area contributed by atoms with Gasteiger partial charge in [-0.1, -0.05) is 0 Å². The molecule has 2 rings (SSSR count). The van der Waals surface area contributed by atoms with Gasteiger partial charge in [0.15, 0.2) is 0 Å². The Labute approximate surface area is 112 Å². The first-order valence-electron chi connectivity index (χ1n) is 6.27. The van der Waals surface area contributed by atoms with Crippen LogP contribution in [-0.4, -0.2) is 47.9 Å². The van der Waals surface area contributed by atoms with Crippen molar-refractivity contribution in [1.29, 1.82) is 0 Å². The Hall–Kier alpha value is -2.11. The van der Waals surface area contributed by atoms with Crippen LogP contribution in [0.25, 0.3) is 0 Å². The zero-order chi connectivity index (χ0) is 14.0. The summed E-state index contributed by atoms with van der Waals surface area (Å²) in [5.74, 6) is -0.287. The fraction of sp³-hybridized carbons (Fsp3) is 0.462. The summed E-state index contributed by atoms with van der Waals surface area (Å²) in [7, 11) is 1.76. The van der Waals surface area contributed by atoms with Crippen LogP contribution in [0.4, 0.5) is 5.69 Å². The Kier molecular flexibility index (Phi) is 3.69. The number of nitrogens with zero attached hydrogens (tertiary/aromatic N) is 2. The maximum absolute atomic E-state index is 12.5. The molecule has 1 aromatic heterocycles. The Morgan fingerprint density at radius 2 is 2.32 bits per heavy atom. The first kappa shape index (κ1) is 13.3. The second kappa shape index (κ2) is 5.26. The zero-order valence-electron chi connectivity index (χ0n) is 11.4. The highest BCUT2D eigenvalue weighted by Crippen LogP contribution is 2.19. The molecule has 1 aliphatic heterocycles. The number of amides is 2. The first-order chi connectivity index (χ1) is 9.04. The molecule has 2 N–H and O–H groups in total. The molecule has 1 aliphatic rings. The fourth-order valence-electron chi connectivity index (χ4n) is 2.15. The minimum Gasteiger partial charge on any atom is -0.387 e. The molecule has 0 saturated carbocycles. The van der Waals surface area contributed by atoms with E-state index in [1.807, 2.05) is 13.0 Å². The van der Waals surface area contributed by atoms with Crippen molar-refractivity contribution in [1.82, 2.24) is 15.2 Å². The van der Waals surface area contributed by atoms with Gasteiger partial charge < -0.3 is 15.5 Å². The van der Waals surface area contributed by atoms with Crippen molar-refractivity contribution in [3.8, 4) is 0 Å². The highest BCUT2D eigenvalue weighted by Gasteiger charge is 2.30. The SMILES string of the molecule is CNc1cc(C)ncc1C(=O)N1CCNC(=O)C1C. The van der Waals surface area contributed by atoms with Crippen molar-refractivity contribution in [2.75, 3.05) is 25.5 Å². The molecule has 1 unspecified atom stereocenters. The Bertz CT molecular complexity index is 515. The van der Waals surface area contributed by atoms with Gasteiger partial charge >= 0.3 is 0 Å². The summed E-state index contributed by atoms with van der Waals surface area (Å²) in [4.78, 5) is 29.9. The van der Waals surface area contributed by atoms with Gasteiger partial charge in [-0.05, 0) is 19.9 Å². The van der Waals surface area contributed by atoms with Crippen molar-refractivity contribution in [3.63, 3.8) is 0 Å². The molecule has 1 fully saturated rings. The second-order valence-electron chi connectivity index (χ2n) is 4.59. The van der Waals surface area contributed by atoms with Gasteiger partial charge in [0.25, 0.3) is 5.91 Å². The molecule has 0 aliphatic carbocycles. The van der Waals surface area contributed by atoms with E-state index in [-0.39, 0.29) is 11.8 Å². The summed E-state index contributed by atoms with van der Waals surface area (Å²) in [5.41, 5.74) is 2.07. The number of hydrogen-bond acceptors (Lipinski definition) is 4. The van der Waals surface area contributed by atoms with Gasteiger partial charge in [0.05, 0.1) is 11.3 Å². The second-order valence-corrected chi connectivity index (χ2v) is 4.59. The van der Waals surface area contributed by atoms with Crippen LogP contribution in [0.15, 0.2) is 12.3 Å². The molecule has 1 aromatic rings. The van der Waals surface area contributed by atoms with Crippen molar-refractivity contribution in [2.45, 2.75) is 19.9 Å². The van der Waals surface area contributed by atoms with E-state index < -0.39 is 6.04 Å². The predicted octanol–water partition coefficient (Wildman–Crippen LogP) is 0.392. The predicted molar refractivity (Wildman–Crippen MR) is 72.0 cm³/mol. The lowest BCUT2D eigenvalue weighted by molar-refractivity contribution is -0.127. The number of anilines is 1. The van der Waals surface area contributed by atoms with E-state index in [4.69, 9.17) is 0 Å². The van der Waals surface area contributed by atoms with Crippen LogP contribution < -0.4 is 10.6 Å². The third-order valence-corrected chi connectivity index (χ3v) is 3.30. The highest BCUT2D eigenvalue weighted by atomic mass is 16.2. The minimum atomic E-state index is -0.452. The third kappa shape index (κ3) is 2.52. The molecule has 19 heavy (non-hydrogen) atoms. The number of nitrogens with one attached hydrogen (secondary N) is 2. The van der Waals surface area contributed by atoms with Crippen LogP contribution in [0.1, 0.15) is 23.0 Å². The van der Waals surface area contributed by atoms with E-state index >= 15 is 0 Å². The molecule has 6 nitrogen and oxygen atoms in total. The lowest BCUT2D eigenvalue weighted by Crippen LogP contribution is -2.55. The van der Waals surface area contributed by atoms with Gasteiger partial charge in [0, 0.05) is 32.0 Å². The Balaban J connectivity index is 2.31. The van der Waals surface area contributed by atoms with Gasteiger partial charge in [0.1, 0.15) is 6.04 Å². The molecule has 0 radical (unpaired) electrons. The van der Waals surface area contributed by atoms with Crippen LogP contribution in [-0.2, 0) is 4.79 Å². The Morgan fingerprint density at radius 3 is 3.00 bits per heavy atom. The number of aryl methyl sites for hydroxylation is 1. The van der Waals surface area contributed by atoms with Crippen LogP contribution >= 0.6 is 0 Å². The van der Waals surface area contributed by atoms with E-state index in [1.54, 1.807) is 25.1 Å². The first-order valence-corrected chi connectivity index (χ1v) is 6.27. The fourth-order valence-corrected chi connectivity index (χ4v) is 2.15. The van der Waals surface area contributed by atoms with E-state index in [0.29, 0.717) is 18.7 Å². The largest absolute Gasteiger partial charge is 0.387 e. The van der Waals surface area contributed by atoms with Crippen molar-refractivity contribution >= 4 is 17.5 Å². The quantitative estimate of drug-likeness (QED) is 0.808. The number of carbonyl (C=O) groups excluding carboxylic acids is 2. The summed E-state index contributed by atoms with van der Waals surface area (Å²) >= 11 is 0. The van der Waals surface area contributed by atoms with Crippen LogP contribution in [0.5, 0.6) is 0 Å². The number of pyridine rings is 1. The molecule has 2 amide bonds. The molecule has 6 heteroatoms. The standard InChI is InChI=1S/C13H18N4O2/c1-8-6-11(14-3)10(7-16-8)13(19)17-5-4-15-12(18)9(17)2/h6-7,9H,4-5H2,1-3H3,(H,14,16)(H,15,18). The molecular formula is C13H18N4O2. The van der Waals surface area contributed by atoms with Gasteiger partial charge in [0.2, 0.25) is 5.91 Å². The lowest BCUT2D eigenvalue weighted by atomic mass is 10.1. The molecule has 1 saturated heterocycles. The maximum Gasteiger partial charge on any atom is 0.258 e. The summed E-state index contributed by atoms with van der Waals surface area (Å²) in [5, 5.41) is 5.74. The lowest BCUT2D eigenvalue weighted by Gasteiger charge is -2.33. The summed E-state index contributed by atoms with van der Waals surface area (Å²) < 4.78 is 0. The molecule has 0 spiro atoms. The van der Waals surface area contributed by atoms with Crippen LogP contribution in [0.2, 0.25) is 0 Å². The van der Waals surface area contributed by atoms with E-state index in [0.717, 1.165) is 11.4 Å². The Morgan fingerprint density at radius 1 is 1.58 bits per heavy atom. The molecule has 0 bridgehead atoms. The normalized spacial score (nSPS) is 19.0. The number of aromatic nitrogens is 1. The third-order valence-electron chi connectivity index (χ3n) is 3.30. The molecule has 102 valence electrons. The summed E-state index contributed by atoms with van der Waals surface area (Å²) in [6, 6.07) is 1.37. The van der Waals surface area contributed by atoms with E-state index in [1.165, 1.54) is 0 Å². The van der Waals surface area contributed by atoms with Gasteiger partial charge in [-0.2, -0.15) is 0 Å². The molecule has 0 aromatic carbocycles. The molecule has 2 heterocycles. The summed E-state index contributed by atoms with van der Waals surface area (Å²) in [6.45, 7) is 4.60. The number of piperazine rings is 1. The summed E-state index contributed by atoms with van der Waals surface area (Å²) in [6.07, 6.45) is 1.56. The van der Waals surface area contributed by atoms with Crippen molar-refractivity contribution in [2.24, 2.45) is 0 Å². The number of rotatable bonds is 2. The van der Waals surface area contributed by atoms with Crippen LogP contribution in [0, 0.1) is 6.92 Å². The zero-order valence-corrected chi connectivity index (χ0v) is 11.4. The van der Waals surface area contributed by atoms with Crippen molar-refractivity contribution < 1.29 is 9.59 Å². The topological polar surface area (TPSA) is 74.3 Å². The smallest absolute Gasteiger partial charge is 0.258 e. The van der Waals surface area contributed by atoms with Crippen LogP contribution in [0.3, 0.4) is 0 Å². The molecular weight excluding hydrogens is 244 g/mol. The van der Waals surface area contributed by atoms with Gasteiger partial charge in [-0.15, -0.1) is 0 Å². The van der Waals surface area contributed by atoms with Crippen molar-refractivity contribution in [3.05, 3.63) is 23.5 Å². The highest BCUT2D eigenvalue weighted by molar-refractivity contribution is 6.02. The molecule has 1 atom stereocenters. The minimum absolute atomic E-state index is 0.120.